The summed E-state index contributed by atoms with van der Waals surface area (Å²) in [5.74, 6) is -0.422. The van der Waals surface area contributed by atoms with Gasteiger partial charge in [-0.1, -0.05) is 12.1 Å². The number of carbonyl (C=O) groups is 2. The molecule has 2 aromatic carbocycles. The zero-order valence-electron chi connectivity index (χ0n) is 16.5. The summed E-state index contributed by atoms with van der Waals surface area (Å²) < 4.78 is 26.3. The van der Waals surface area contributed by atoms with Crippen LogP contribution in [0.5, 0.6) is 11.5 Å². The average molecular weight is 412 g/mol. The van der Waals surface area contributed by atoms with E-state index in [9.17, 15) is 14.0 Å². The molecular formula is C21H21FN4O4. The molecule has 0 aliphatic rings. The molecule has 2 N–H and O–H groups in total. The van der Waals surface area contributed by atoms with E-state index in [1.54, 1.807) is 36.5 Å². The van der Waals surface area contributed by atoms with Crippen molar-refractivity contribution in [2.24, 2.45) is 7.05 Å². The SMILES string of the molecule is C[C@@H](Oc1ccccc1F)C(=O)NNC(=O)c1ccc(OCc2nccn2C)cc1. The van der Waals surface area contributed by atoms with Gasteiger partial charge in [0.05, 0.1) is 0 Å². The predicted octanol–water partition coefficient (Wildman–Crippen LogP) is 2.37. The summed E-state index contributed by atoms with van der Waals surface area (Å²) in [7, 11) is 1.87. The van der Waals surface area contributed by atoms with Crippen molar-refractivity contribution >= 4 is 11.8 Å². The van der Waals surface area contributed by atoms with Gasteiger partial charge < -0.3 is 14.0 Å². The van der Waals surface area contributed by atoms with Gasteiger partial charge in [0.2, 0.25) is 0 Å². The molecule has 0 spiro atoms. The maximum atomic E-state index is 13.6. The van der Waals surface area contributed by atoms with Gasteiger partial charge in [0, 0.05) is 25.0 Å². The van der Waals surface area contributed by atoms with Crippen molar-refractivity contribution < 1.29 is 23.5 Å². The molecule has 0 unspecified atom stereocenters. The van der Waals surface area contributed by atoms with E-state index in [0.29, 0.717) is 17.9 Å². The van der Waals surface area contributed by atoms with Crippen molar-refractivity contribution in [3.63, 3.8) is 0 Å². The Morgan fingerprint density at radius 2 is 1.87 bits per heavy atom. The summed E-state index contributed by atoms with van der Waals surface area (Å²) in [5.41, 5.74) is 4.87. The van der Waals surface area contributed by atoms with Crippen LogP contribution in [0.3, 0.4) is 0 Å². The second-order valence-corrected chi connectivity index (χ2v) is 6.40. The number of benzene rings is 2. The van der Waals surface area contributed by atoms with E-state index in [1.165, 1.54) is 25.1 Å². The normalized spacial score (nSPS) is 11.4. The summed E-state index contributed by atoms with van der Waals surface area (Å²) in [4.78, 5) is 28.4. The van der Waals surface area contributed by atoms with Crippen LogP contribution >= 0.6 is 0 Å². The second kappa shape index (κ2) is 9.55. The lowest BCUT2D eigenvalue weighted by molar-refractivity contribution is -0.128. The number of hydrogen-bond acceptors (Lipinski definition) is 5. The Bertz CT molecular complexity index is 1020. The number of hydrogen-bond donors (Lipinski definition) is 2. The number of hydrazine groups is 1. The molecule has 8 nitrogen and oxygen atoms in total. The second-order valence-electron chi connectivity index (χ2n) is 6.40. The lowest BCUT2D eigenvalue weighted by atomic mass is 10.2. The van der Waals surface area contributed by atoms with Gasteiger partial charge >= 0.3 is 0 Å². The molecule has 3 aromatic rings. The van der Waals surface area contributed by atoms with Gasteiger partial charge in [-0.3, -0.25) is 20.4 Å². The number of rotatable bonds is 7. The van der Waals surface area contributed by atoms with E-state index in [2.05, 4.69) is 15.8 Å². The minimum absolute atomic E-state index is 0.0485. The molecule has 3 rings (SSSR count). The van der Waals surface area contributed by atoms with E-state index < -0.39 is 23.7 Å². The van der Waals surface area contributed by atoms with Crippen molar-refractivity contribution in [2.75, 3.05) is 0 Å². The first-order chi connectivity index (χ1) is 14.4. The Morgan fingerprint density at radius 3 is 2.53 bits per heavy atom. The minimum Gasteiger partial charge on any atom is -0.486 e. The fourth-order valence-electron chi connectivity index (χ4n) is 2.46. The van der Waals surface area contributed by atoms with Gasteiger partial charge in [0.15, 0.2) is 17.7 Å². The highest BCUT2D eigenvalue weighted by molar-refractivity contribution is 5.95. The van der Waals surface area contributed by atoms with Gasteiger partial charge in [-0.15, -0.1) is 0 Å². The maximum Gasteiger partial charge on any atom is 0.279 e. The van der Waals surface area contributed by atoms with Crippen LogP contribution in [0.25, 0.3) is 0 Å². The van der Waals surface area contributed by atoms with Crippen LogP contribution in [0.1, 0.15) is 23.1 Å². The number of carbonyl (C=O) groups excluding carboxylic acids is 2. The Balaban J connectivity index is 1.47. The summed E-state index contributed by atoms with van der Waals surface area (Å²) in [6, 6.07) is 12.2. The summed E-state index contributed by atoms with van der Waals surface area (Å²) >= 11 is 0. The molecule has 0 saturated carbocycles. The summed E-state index contributed by atoms with van der Waals surface area (Å²) in [6.45, 7) is 1.74. The predicted molar refractivity (Wildman–Crippen MR) is 106 cm³/mol. The van der Waals surface area contributed by atoms with Crippen LogP contribution in [0.4, 0.5) is 4.39 Å². The fraction of sp³-hybridized carbons (Fsp3) is 0.190. The van der Waals surface area contributed by atoms with Crippen LogP contribution in [0.2, 0.25) is 0 Å². The molecule has 0 aliphatic heterocycles. The van der Waals surface area contributed by atoms with E-state index in [1.807, 2.05) is 17.8 Å². The Labute approximate surface area is 172 Å². The molecule has 156 valence electrons. The van der Waals surface area contributed by atoms with Gasteiger partial charge in [-0.05, 0) is 43.3 Å². The number of nitrogens with zero attached hydrogens (tertiary/aromatic N) is 2. The average Bonchev–Trinajstić information content (AvgIpc) is 3.17. The number of halogens is 1. The number of para-hydroxylation sites is 1. The van der Waals surface area contributed by atoms with Crippen LogP contribution in [0, 0.1) is 5.82 Å². The van der Waals surface area contributed by atoms with Crippen molar-refractivity contribution in [3.05, 3.63) is 78.1 Å². The highest BCUT2D eigenvalue weighted by Gasteiger charge is 2.17. The molecule has 1 aromatic heterocycles. The number of aryl methyl sites for hydroxylation is 1. The molecule has 0 radical (unpaired) electrons. The highest BCUT2D eigenvalue weighted by Crippen LogP contribution is 2.17. The lowest BCUT2D eigenvalue weighted by Crippen LogP contribution is -2.47. The van der Waals surface area contributed by atoms with Crippen LogP contribution < -0.4 is 20.3 Å². The van der Waals surface area contributed by atoms with E-state index >= 15 is 0 Å². The molecule has 1 atom stereocenters. The summed E-state index contributed by atoms with van der Waals surface area (Å²) in [5, 5.41) is 0. The molecule has 30 heavy (non-hydrogen) atoms. The Kier molecular flexibility index (Phi) is 6.63. The topological polar surface area (TPSA) is 94.5 Å². The third-order valence-electron chi connectivity index (χ3n) is 4.21. The van der Waals surface area contributed by atoms with Crippen LogP contribution in [-0.2, 0) is 18.4 Å². The monoisotopic (exact) mass is 412 g/mol. The first-order valence-corrected chi connectivity index (χ1v) is 9.14. The molecule has 2 amide bonds. The van der Waals surface area contributed by atoms with Crippen molar-refractivity contribution in [3.8, 4) is 11.5 Å². The number of aromatic nitrogens is 2. The third kappa shape index (κ3) is 5.34. The van der Waals surface area contributed by atoms with E-state index in [0.717, 1.165) is 5.82 Å². The molecule has 0 saturated heterocycles. The largest absolute Gasteiger partial charge is 0.486 e. The first kappa shape index (κ1) is 20.8. The molecule has 0 fully saturated rings. The molecule has 9 heteroatoms. The lowest BCUT2D eigenvalue weighted by Gasteiger charge is -2.15. The minimum atomic E-state index is -1.01. The zero-order valence-corrected chi connectivity index (χ0v) is 16.5. The van der Waals surface area contributed by atoms with Gasteiger partial charge in [0.25, 0.3) is 11.8 Å². The number of amides is 2. The van der Waals surface area contributed by atoms with Gasteiger partial charge in [-0.2, -0.15) is 0 Å². The van der Waals surface area contributed by atoms with Crippen molar-refractivity contribution in [1.82, 2.24) is 20.4 Å². The standard InChI is InChI=1S/C21H21FN4O4/c1-14(30-18-6-4-3-5-17(18)22)20(27)24-25-21(28)15-7-9-16(10-8-15)29-13-19-23-11-12-26(19)2/h3-12,14H,13H2,1-2H3,(H,24,27)(H,25,28)/t14-/m1/s1. The molecule has 1 heterocycles. The van der Waals surface area contributed by atoms with Crippen molar-refractivity contribution in [1.29, 1.82) is 0 Å². The number of imidazole rings is 1. The molecular weight excluding hydrogens is 391 g/mol. The zero-order chi connectivity index (χ0) is 21.5. The van der Waals surface area contributed by atoms with Crippen LogP contribution in [0.15, 0.2) is 60.9 Å². The fourth-order valence-corrected chi connectivity index (χ4v) is 2.46. The quantitative estimate of drug-likeness (QED) is 0.581. The Hall–Kier alpha value is -3.88. The Morgan fingerprint density at radius 1 is 1.13 bits per heavy atom. The van der Waals surface area contributed by atoms with Gasteiger partial charge in [0.1, 0.15) is 18.2 Å². The van der Waals surface area contributed by atoms with Gasteiger partial charge in [-0.25, -0.2) is 9.37 Å². The first-order valence-electron chi connectivity index (χ1n) is 9.14. The van der Waals surface area contributed by atoms with Crippen LogP contribution in [-0.4, -0.2) is 27.5 Å². The van der Waals surface area contributed by atoms with E-state index in [4.69, 9.17) is 9.47 Å². The molecule has 0 aliphatic carbocycles. The number of nitrogens with one attached hydrogen (secondary N) is 2. The number of ether oxygens (including phenoxy) is 2. The van der Waals surface area contributed by atoms with Crippen molar-refractivity contribution in [2.45, 2.75) is 19.6 Å². The molecule has 0 bridgehead atoms. The summed E-state index contributed by atoms with van der Waals surface area (Å²) in [6.07, 6.45) is 2.50. The maximum absolute atomic E-state index is 13.6. The third-order valence-corrected chi connectivity index (χ3v) is 4.21. The highest BCUT2D eigenvalue weighted by atomic mass is 19.1. The smallest absolute Gasteiger partial charge is 0.279 e. The van der Waals surface area contributed by atoms with E-state index in [-0.39, 0.29) is 5.75 Å².